The van der Waals surface area contributed by atoms with Crippen LogP contribution in [0.15, 0.2) is 0 Å². The van der Waals surface area contributed by atoms with Gasteiger partial charge in [0.2, 0.25) is 0 Å². The number of amides is 2. The summed E-state index contributed by atoms with van der Waals surface area (Å²) in [4.78, 5) is 25.0. The maximum absolute atomic E-state index is 11.4. The first-order valence-electron chi connectivity index (χ1n) is 4.40. The summed E-state index contributed by atoms with van der Waals surface area (Å²) in [6, 6.07) is -0.0382. The number of hydrogen-bond donors (Lipinski definition) is 1. The fourth-order valence-electron chi connectivity index (χ4n) is 1.36. The molecule has 1 saturated heterocycles. The van der Waals surface area contributed by atoms with Gasteiger partial charge in [-0.05, 0) is 6.92 Å². The van der Waals surface area contributed by atoms with Gasteiger partial charge in [-0.2, -0.15) is 0 Å². The molecule has 1 rings (SSSR count). The molecule has 0 aromatic carbocycles. The van der Waals surface area contributed by atoms with Crippen molar-refractivity contribution in [3.8, 4) is 0 Å². The smallest absolute Gasteiger partial charge is 0.320 e. The molecule has 0 atom stereocenters. The molecule has 0 aromatic rings. The molecule has 5 heteroatoms. The van der Waals surface area contributed by atoms with Crippen molar-refractivity contribution in [2.45, 2.75) is 13.3 Å². The number of likely N-dealkylation sites (N-methyl/N-ethyl adjacent to an activating group) is 1. The average molecular weight is 186 g/mol. The Balaban J connectivity index is 2.37. The van der Waals surface area contributed by atoms with E-state index in [1.54, 1.807) is 9.80 Å². The summed E-state index contributed by atoms with van der Waals surface area (Å²) in [6.45, 7) is 4.31. The van der Waals surface area contributed by atoms with Gasteiger partial charge in [0.05, 0.1) is 6.42 Å². The van der Waals surface area contributed by atoms with Gasteiger partial charge in [-0.25, -0.2) is 4.79 Å². The standard InChI is InChI=1S/C8H14N2O3/c1-2-9-5-6-10(8(9)13)4-3-7(11)12/h2-6H2,1H3,(H,11,12). The van der Waals surface area contributed by atoms with Crippen LogP contribution in [0.5, 0.6) is 0 Å². The van der Waals surface area contributed by atoms with Gasteiger partial charge in [-0.1, -0.05) is 0 Å². The fourth-order valence-corrected chi connectivity index (χ4v) is 1.36. The second-order valence-electron chi connectivity index (χ2n) is 2.99. The third-order valence-corrected chi connectivity index (χ3v) is 2.16. The van der Waals surface area contributed by atoms with E-state index in [4.69, 9.17) is 5.11 Å². The third-order valence-electron chi connectivity index (χ3n) is 2.16. The summed E-state index contributed by atoms with van der Waals surface area (Å²) in [5.74, 6) is -0.859. The zero-order chi connectivity index (χ0) is 9.84. The van der Waals surface area contributed by atoms with E-state index in [9.17, 15) is 9.59 Å². The van der Waals surface area contributed by atoms with Gasteiger partial charge in [0.25, 0.3) is 0 Å². The molecular weight excluding hydrogens is 172 g/mol. The van der Waals surface area contributed by atoms with Gasteiger partial charge in [-0.15, -0.1) is 0 Å². The van der Waals surface area contributed by atoms with Crippen molar-refractivity contribution >= 4 is 12.0 Å². The number of rotatable bonds is 4. The summed E-state index contributed by atoms with van der Waals surface area (Å²) in [7, 11) is 0. The van der Waals surface area contributed by atoms with Gasteiger partial charge in [-0.3, -0.25) is 4.79 Å². The maximum Gasteiger partial charge on any atom is 0.320 e. The van der Waals surface area contributed by atoms with Gasteiger partial charge < -0.3 is 14.9 Å². The van der Waals surface area contributed by atoms with Crippen LogP contribution in [0.25, 0.3) is 0 Å². The molecule has 1 N–H and O–H groups in total. The Morgan fingerprint density at radius 2 is 2.08 bits per heavy atom. The molecule has 74 valence electrons. The number of nitrogens with zero attached hydrogens (tertiary/aromatic N) is 2. The second-order valence-corrected chi connectivity index (χ2v) is 2.99. The molecule has 2 amide bonds. The number of aliphatic carboxylic acids is 1. The van der Waals surface area contributed by atoms with Crippen LogP contribution >= 0.6 is 0 Å². The molecule has 0 bridgehead atoms. The first-order valence-corrected chi connectivity index (χ1v) is 4.40. The van der Waals surface area contributed by atoms with E-state index in [0.29, 0.717) is 19.6 Å². The lowest BCUT2D eigenvalue weighted by Gasteiger charge is -2.15. The highest BCUT2D eigenvalue weighted by Crippen LogP contribution is 2.07. The lowest BCUT2D eigenvalue weighted by atomic mass is 10.4. The Morgan fingerprint density at radius 3 is 2.54 bits per heavy atom. The zero-order valence-electron chi connectivity index (χ0n) is 7.69. The molecule has 5 nitrogen and oxygen atoms in total. The number of hydrogen-bond acceptors (Lipinski definition) is 2. The predicted molar refractivity (Wildman–Crippen MR) is 46.5 cm³/mol. The fraction of sp³-hybridized carbons (Fsp3) is 0.750. The van der Waals surface area contributed by atoms with E-state index < -0.39 is 5.97 Å². The number of carboxylic acids is 1. The minimum absolute atomic E-state index is 0.0310. The van der Waals surface area contributed by atoms with Crippen molar-refractivity contribution in [2.24, 2.45) is 0 Å². The molecule has 13 heavy (non-hydrogen) atoms. The van der Waals surface area contributed by atoms with E-state index in [1.807, 2.05) is 6.92 Å². The van der Waals surface area contributed by atoms with Crippen molar-refractivity contribution in [3.05, 3.63) is 0 Å². The molecule has 1 aliphatic heterocycles. The lowest BCUT2D eigenvalue weighted by Crippen LogP contribution is -2.33. The lowest BCUT2D eigenvalue weighted by molar-refractivity contribution is -0.137. The SMILES string of the molecule is CCN1CCN(CCC(=O)O)C1=O. The Morgan fingerprint density at radius 1 is 1.46 bits per heavy atom. The Hall–Kier alpha value is -1.26. The van der Waals surface area contributed by atoms with E-state index in [1.165, 1.54) is 0 Å². The van der Waals surface area contributed by atoms with Crippen molar-refractivity contribution in [1.29, 1.82) is 0 Å². The van der Waals surface area contributed by atoms with Crippen LogP contribution in [-0.2, 0) is 4.79 Å². The Labute approximate surface area is 76.9 Å². The van der Waals surface area contributed by atoms with Gasteiger partial charge in [0, 0.05) is 26.2 Å². The van der Waals surface area contributed by atoms with E-state index in [2.05, 4.69) is 0 Å². The van der Waals surface area contributed by atoms with Crippen LogP contribution in [0.3, 0.4) is 0 Å². The minimum atomic E-state index is -0.859. The molecule has 1 aliphatic rings. The van der Waals surface area contributed by atoms with E-state index >= 15 is 0 Å². The Bertz CT molecular complexity index is 217. The van der Waals surface area contributed by atoms with Crippen molar-refractivity contribution < 1.29 is 14.7 Å². The number of carboxylic acid groups (broad SMARTS) is 1. The summed E-state index contributed by atoms with van der Waals surface area (Å²) >= 11 is 0. The zero-order valence-corrected chi connectivity index (χ0v) is 7.69. The average Bonchev–Trinajstić information content (AvgIpc) is 2.43. The summed E-state index contributed by atoms with van der Waals surface area (Å²) in [6.07, 6.45) is 0.0310. The maximum atomic E-state index is 11.4. The monoisotopic (exact) mass is 186 g/mol. The predicted octanol–water partition coefficient (Wildman–Crippen LogP) is 0.219. The topological polar surface area (TPSA) is 60.9 Å². The van der Waals surface area contributed by atoms with E-state index in [0.717, 1.165) is 6.54 Å². The highest BCUT2D eigenvalue weighted by atomic mass is 16.4. The summed E-state index contributed by atoms with van der Waals surface area (Å²) in [5, 5.41) is 8.43. The normalized spacial score (nSPS) is 16.8. The molecule has 1 fully saturated rings. The highest BCUT2D eigenvalue weighted by Gasteiger charge is 2.26. The van der Waals surface area contributed by atoms with Crippen molar-refractivity contribution in [2.75, 3.05) is 26.2 Å². The molecule has 0 aromatic heterocycles. The molecule has 0 saturated carbocycles. The number of carbonyl (C=O) groups excluding carboxylic acids is 1. The second kappa shape index (κ2) is 4.11. The molecule has 0 unspecified atom stereocenters. The summed E-state index contributed by atoms with van der Waals surface area (Å²) < 4.78 is 0. The number of carbonyl (C=O) groups is 2. The van der Waals surface area contributed by atoms with Crippen molar-refractivity contribution in [1.82, 2.24) is 9.80 Å². The summed E-state index contributed by atoms with van der Waals surface area (Å²) in [5.41, 5.74) is 0. The molecule has 0 spiro atoms. The van der Waals surface area contributed by atoms with Crippen LogP contribution in [0.2, 0.25) is 0 Å². The molecular formula is C8H14N2O3. The van der Waals surface area contributed by atoms with Crippen molar-refractivity contribution in [3.63, 3.8) is 0 Å². The van der Waals surface area contributed by atoms with Crippen LogP contribution in [0.1, 0.15) is 13.3 Å². The molecule has 0 radical (unpaired) electrons. The van der Waals surface area contributed by atoms with Crippen LogP contribution in [0.4, 0.5) is 4.79 Å². The van der Waals surface area contributed by atoms with Crippen LogP contribution < -0.4 is 0 Å². The van der Waals surface area contributed by atoms with Crippen LogP contribution in [-0.4, -0.2) is 53.1 Å². The van der Waals surface area contributed by atoms with Gasteiger partial charge in [0.1, 0.15) is 0 Å². The van der Waals surface area contributed by atoms with Gasteiger partial charge in [0.15, 0.2) is 0 Å². The number of urea groups is 1. The highest BCUT2D eigenvalue weighted by molar-refractivity contribution is 5.77. The van der Waals surface area contributed by atoms with E-state index in [-0.39, 0.29) is 12.5 Å². The first kappa shape index (κ1) is 9.83. The first-order chi connectivity index (χ1) is 6.15. The minimum Gasteiger partial charge on any atom is -0.481 e. The quantitative estimate of drug-likeness (QED) is 0.683. The molecule has 1 heterocycles. The van der Waals surface area contributed by atoms with Gasteiger partial charge >= 0.3 is 12.0 Å². The van der Waals surface area contributed by atoms with Crippen LogP contribution in [0, 0.1) is 0 Å². The largest absolute Gasteiger partial charge is 0.481 e. The Kier molecular flexibility index (Phi) is 3.11. The third kappa shape index (κ3) is 2.34. The molecule has 0 aliphatic carbocycles.